The molecular formula is C11H12ClFO4. The van der Waals surface area contributed by atoms with Crippen molar-refractivity contribution >= 4 is 17.6 Å². The Kier molecular flexibility index (Phi) is 5.18. The highest BCUT2D eigenvalue weighted by molar-refractivity contribution is 6.30. The number of rotatable bonds is 6. The summed E-state index contributed by atoms with van der Waals surface area (Å²) in [5, 5.41) is 8.76. The lowest BCUT2D eigenvalue weighted by atomic mass is 10.3. The first kappa shape index (κ1) is 13.7. The average Bonchev–Trinajstić information content (AvgIpc) is 2.28. The van der Waals surface area contributed by atoms with Crippen LogP contribution in [0.25, 0.3) is 0 Å². The first-order chi connectivity index (χ1) is 8.04. The normalized spacial score (nSPS) is 12.2. The third kappa shape index (κ3) is 4.20. The summed E-state index contributed by atoms with van der Waals surface area (Å²) in [5.74, 6) is -1.54. The zero-order chi connectivity index (χ0) is 12.8. The van der Waals surface area contributed by atoms with E-state index in [-0.39, 0.29) is 24.0 Å². The number of benzene rings is 1. The fourth-order valence-electron chi connectivity index (χ4n) is 1.13. The smallest absolute Gasteiger partial charge is 0.336 e. The summed E-state index contributed by atoms with van der Waals surface area (Å²) in [4.78, 5) is 10.7. The Labute approximate surface area is 103 Å². The van der Waals surface area contributed by atoms with Gasteiger partial charge in [-0.15, -0.1) is 0 Å². The zero-order valence-electron chi connectivity index (χ0n) is 9.15. The van der Waals surface area contributed by atoms with Gasteiger partial charge < -0.3 is 14.6 Å². The molecule has 1 atom stereocenters. The van der Waals surface area contributed by atoms with Gasteiger partial charge >= 0.3 is 5.97 Å². The summed E-state index contributed by atoms with van der Waals surface area (Å²) >= 11 is 5.49. The summed E-state index contributed by atoms with van der Waals surface area (Å²) in [6.45, 7) is 1.75. The Morgan fingerprint density at radius 1 is 1.59 bits per heavy atom. The highest BCUT2D eigenvalue weighted by Crippen LogP contribution is 2.20. The van der Waals surface area contributed by atoms with Crippen LogP contribution in [-0.2, 0) is 9.53 Å². The number of ether oxygens (including phenoxy) is 2. The molecule has 0 aliphatic heterocycles. The first-order valence-corrected chi connectivity index (χ1v) is 5.34. The molecule has 17 heavy (non-hydrogen) atoms. The molecule has 0 saturated heterocycles. The van der Waals surface area contributed by atoms with Gasteiger partial charge in [-0.1, -0.05) is 11.6 Å². The number of carboxylic acids is 1. The molecule has 94 valence electrons. The van der Waals surface area contributed by atoms with Gasteiger partial charge in [-0.3, -0.25) is 0 Å². The average molecular weight is 263 g/mol. The van der Waals surface area contributed by atoms with Crippen molar-refractivity contribution in [3.05, 3.63) is 29.0 Å². The molecular weight excluding hydrogens is 251 g/mol. The third-order valence-electron chi connectivity index (χ3n) is 1.94. The van der Waals surface area contributed by atoms with E-state index in [0.29, 0.717) is 0 Å². The van der Waals surface area contributed by atoms with Gasteiger partial charge in [0.15, 0.2) is 6.10 Å². The second-order valence-electron chi connectivity index (χ2n) is 3.17. The van der Waals surface area contributed by atoms with Crippen LogP contribution in [-0.4, -0.2) is 30.4 Å². The fraction of sp³-hybridized carbons (Fsp3) is 0.364. The predicted molar refractivity (Wildman–Crippen MR) is 60.0 cm³/mol. The van der Waals surface area contributed by atoms with Crippen molar-refractivity contribution in [2.45, 2.75) is 13.0 Å². The zero-order valence-corrected chi connectivity index (χ0v) is 9.91. The van der Waals surface area contributed by atoms with Crippen molar-refractivity contribution < 1.29 is 23.8 Å². The molecule has 0 radical (unpaired) electrons. The van der Waals surface area contributed by atoms with Crippen LogP contribution in [0, 0.1) is 5.82 Å². The Morgan fingerprint density at radius 3 is 2.82 bits per heavy atom. The van der Waals surface area contributed by atoms with E-state index in [9.17, 15) is 9.18 Å². The molecule has 1 rings (SSSR count). The van der Waals surface area contributed by atoms with Crippen molar-refractivity contribution in [3.8, 4) is 5.75 Å². The Hall–Kier alpha value is -1.33. The predicted octanol–water partition coefficient (Wildman–Crippen LogP) is 2.35. The van der Waals surface area contributed by atoms with Crippen molar-refractivity contribution in [1.82, 2.24) is 0 Å². The van der Waals surface area contributed by atoms with Gasteiger partial charge in [-0.05, 0) is 19.1 Å². The second-order valence-corrected chi connectivity index (χ2v) is 3.58. The lowest BCUT2D eigenvalue weighted by Crippen LogP contribution is -2.30. The number of carboxylic acid groups (broad SMARTS) is 1. The SMILES string of the molecule is CCOC(COc1ccc(Cl)c(F)c1)C(=O)O. The molecule has 0 fully saturated rings. The number of aliphatic carboxylic acids is 1. The maximum absolute atomic E-state index is 13.1. The molecule has 6 heteroatoms. The van der Waals surface area contributed by atoms with Gasteiger partial charge in [-0.2, -0.15) is 0 Å². The van der Waals surface area contributed by atoms with E-state index in [1.54, 1.807) is 6.92 Å². The summed E-state index contributed by atoms with van der Waals surface area (Å²) in [6, 6.07) is 3.88. The van der Waals surface area contributed by atoms with E-state index >= 15 is 0 Å². The number of carbonyl (C=O) groups is 1. The van der Waals surface area contributed by atoms with E-state index in [1.807, 2.05) is 0 Å². The molecule has 0 amide bonds. The van der Waals surface area contributed by atoms with E-state index < -0.39 is 17.9 Å². The maximum atomic E-state index is 13.1. The lowest BCUT2D eigenvalue weighted by molar-refractivity contribution is -0.152. The second kappa shape index (κ2) is 6.42. The van der Waals surface area contributed by atoms with Crippen molar-refractivity contribution in [2.75, 3.05) is 13.2 Å². The highest BCUT2D eigenvalue weighted by Gasteiger charge is 2.18. The van der Waals surface area contributed by atoms with Gasteiger partial charge in [0.25, 0.3) is 0 Å². The minimum Gasteiger partial charge on any atom is -0.490 e. The number of halogens is 2. The minimum absolute atomic E-state index is 0.0167. The van der Waals surface area contributed by atoms with Crippen LogP contribution >= 0.6 is 11.6 Å². The van der Waals surface area contributed by atoms with Crippen molar-refractivity contribution in [2.24, 2.45) is 0 Å². The van der Waals surface area contributed by atoms with E-state index in [2.05, 4.69) is 0 Å². The van der Waals surface area contributed by atoms with Crippen LogP contribution in [0.15, 0.2) is 18.2 Å². The van der Waals surface area contributed by atoms with Crippen LogP contribution < -0.4 is 4.74 Å². The van der Waals surface area contributed by atoms with Gasteiger partial charge in [-0.25, -0.2) is 9.18 Å². The topological polar surface area (TPSA) is 55.8 Å². The molecule has 4 nitrogen and oxygen atoms in total. The fourth-order valence-corrected chi connectivity index (χ4v) is 1.25. The summed E-state index contributed by atoms with van der Waals surface area (Å²) < 4.78 is 23.1. The van der Waals surface area contributed by atoms with E-state index in [4.69, 9.17) is 26.2 Å². The summed E-state index contributed by atoms with van der Waals surface area (Å²) in [6.07, 6.45) is -1.07. The molecule has 0 bridgehead atoms. The summed E-state index contributed by atoms with van der Waals surface area (Å²) in [5.41, 5.74) is 0. The standard InChI is InChI=1S/C11H12ClFO4/c1-2-16-10(11(14)15)6-17-7-3-4-8(12)9(13)5-7/h3-5,10H,2,6H2,1H3,(H,14,15). The maximum Gasteiger partial charge on any atom is 0.336 e. The largest absolute Gasteiger partial charge is 0.490 e. The number of hydrogen-bond donors (Lipinski definition) is 1. The highest BCUT2D eigenvalue weighted by atomic mass is 35.5. The van der Waals surface area contributed by atoms with Crippen LogP contribution in [0.5, 0.6) is 5.75 Å². The van der Waals surface area contributed by atoms with Crippen molar-refractivity contribution in [3.63, 3.8) is 0 Å². The van der Waals surface area contributed by atoms with E-state index in [0.717, 1.165) is 6.07 Å². The number of hydrogen-bond acceptors (Lipinski definition) is 3. The molecule has 1 N–H and O–H groups in total. The molecule has 0 aliphatic rings. The quantitative estimate of drug-likeness (QED) is 0.855. The minimum atomic E-state index is -1.12. The molecule has 0 spiro atoms. The van der Waals surface area contributed by atoms with E-state index in [1.165, 1.54) is 12.1 Å². The molecule has 1 aromatic rings. The van der Waals surface area contributed by atoms with Crippen LogP contribution in [0.2, 0.25) is 5.02 Å². The monoisotopic (exact) mass is 262 g/mol. The van der Waals surface area contributed by atoms with Crippen LogP contribution in [0.3, 0.4) is 0 Å². The van der Waals surface area contributed by atoms with Crippen molar-refractivity contribution in [1.29, 1.82) is 0 Å². The first-order valence-electron chi connectivity index (χ1n) is 4.96. The molecule has 1 aromatic carbocycles. The Balaban J connectivity index is 2.59. The molecule has 0 saturated carbocycles. The van der Waals surface area contributed by atoms with Gasteiger partial charge in [0.1, 0.15) is 18.2 Å². The molecule has 0 aliphatic carbocycles. The third-order valence-corrected chi connectivity index (χ3v) is 2.24. The van der Waals surface area contributed by atoms with Gasteiger partial charge in [0.05, 0.1) is 5.02 Å². The molecule has 0 heterocycles. The summed E-state index contributed by atoms with van der Waals surface area (Å²) in [7, 11) is 0. The van der Waals surface area contributed by atoms with Gasteiger partial charge in [0.2, 0.25) is 0 Å². The molecule has 1 unspecified atom stereocenters. The lowest BCUT2D eigenvalue weighted by Gasteiger charge is -2.13. The Morgan fingerprint density at radius 2 is 2.29 bits per heavy atom. The molecule has 0 aromatic heterocycles. The Bertz CT molecular complexity index is 397. The van der Waals surface area contributed by atoms with Crippen LogP contribution in [0.4, 0.5) is 4.39 Å². The van der Waals surface area contributed by atoms with Gasteiger partial charge in [0, 0.05) is 12.7 Å². The van der Waals surface area contributed by atoms with Crippen LogP contribution in [0.1, 0.15) is 6.92 Å².